The molecule has 1 N–H and O–H groups in total. The van der Waals surface area contributed by atoms with Crippen LogP contribution < -0.4 is 19.1 Å². The Hall–Kier alpha value is -2.78. The average Bonchev–Trinajstić information content (AvgIpc) is 2.70. The molecule has 30 heavy (non-hydrogen) atoms. The minimum Gasteiger partial charge on any atom is -0.493 e. The van der Waals surface area contributed by atoms with Gasteiger partial charge in [-0.3, -0.25) is 9.10 Å². The van der Waals surface area contributed by atoms with E-state index in [1.807, 2.05) is 0 Å². The predicted octanol–water partition coefficient (Wildman–Crippen LogP) is 4.17. The molecule has 2 aromatic carbocycles. The minimum atomic E-state index is -4.14. The molecule has 0 unspecified atom stereocenters. The van der Waals surface area contributed by atoms with E-state index >= 15 is 0 Å². The van der Waals surface area contributed by atoms with Gasteiger partial charge in [-0.2, -0.15) is 0 Å². The Bertz CT molecular complexity index is 1160. The molecule has 9 heteroatoms. The van der Waals surface area contributed by atoms with E-state index in [1.54, 1.807) is 43.3 Å². The van der Waals surface area contributed by atoms with Crippen molar-refractivity contribution < 1.29 is 22.7 Å². The number of rotatable bonds is 6. The summed E-state index contributed by atoms with van der Waals surface area (Å²) in [5.74, 6) is 0.0932. The summed E-state index contributed by atoms with van der Waals surface area (Å²) in [4.78, 5) is 12.7. The maximum absolute atomic E-state index is 13.4. The van der Waals surface area contributed by atoms with Gasteiger partial charge in [-0.1, -0.05) is 28.1 Å². The summed E-state index contributed by atoms with van der Waals surface area (Å²) >= 11 is 3.34. The number of carbonyl (C=O) groups is 1. The Kier molecular flexibility index (Phi) is 6.23. The maximum Gasteiger partial charge on any atom is 0.270 e. The molecule has 0 atom stereocenters. The topological polar surface area (TPSA) is 84.9 Å². The molecule has 1 aliphatic heterocycles. The zero-order chi connectivity index (χ0) is 22.1. The predicted molar refractivity (Wildman–Crippen MR) is 121 cm³/mol. The number of nitrogens with zero attached hydrogens (tertiary/aromatic N) is 1. The average molecular weight is 493 g/mol. The number of fused-ring (bicyclic) bond motifs is 1. The molecule has 158 valence electrons. The van der Waals surface area contributed by atoms with Crippen molar-refractivity contribution in [3.63, 3.8) is 0 Å². The van der Waals surface area contributed by atoms with Gasteiger partial charge in [0.2, 0.25) is 0 Å². The molecule has 0 radical (unpaired) electrons. The van der Waals surface area contributed by atoms with Crippen LogP contribution in [0.5, 0.6) is 11.5 Å². The van der Waals surface area contributed by atoms with E-state index in [2.05, 4.69) is 27.8 Å². The van der Waals surface area contributed by atoms with Gasteiger partial charge < -0.3 is 14.8 Å². The zero-order valence-electron chi connectivity index (χ0n) is 16.7. The zero-order valence-corrected chi connectivity index (χ0v) is 19.1. The van der Waals surface area contributed by atoms with Gasteiger partial charge in [-0.05, 0) is 36.8 Å². The molecule has 1 aliphatic rings. The van der Waals surface area contributed by atoms with Gasteiger partial charge in [0.25, 0.3) is 15.9 Å². The number of sulfonamides is 1. The Morgan fingerprint density at radius 2 is 1.87 bits per heavy atom. The number of allylic oxidation sites excluding steroid dienone is 1. The second-order valence-corrected chi connectivity index (χ2v) is 9.18. The number of hydrogen-bond donors (Lipinski definition) is 1. The van der Waals surface area contributed by atoms with Crippen molar-refractivity contribution in [2.45, 2.75) is 6.92 Å². The molecule has 7 nitrogen and oxygen atoms in total. The van der Waals surface area contributed by atoms with E-state index in [-0.39, 0.29) is 11.4 Å². The van der Waals surface area contributed by atoms with E-state index < -0.39 is 15.9 Å². The van der Waals surface area contributed by atoms with E-state index in [0.29, 0.717) is 34.0 Å². The molecule has 0 bridgehead atoms. The summed E-state index contributed by atoms with van der Waals surface area (Å²) in [6, 6.07) is 10.2. The number of carbonyl (C=O) groups excluding carboxylic acids is 1. The van der Waals surface area contributed by atoms with Crippen molar-refractivity contribution in [3.8, 4) is 11.5 Å². The van der Waals surface area contributed by atoms with Crippen LogP contribution in [-0.4, -0.2) is 35.1 Å². The van der Waals surface area contributed by atoms with Gasteiger partial charge >= 0.3 is 0 Å². The maximum atomic E-state index is 13.4. The van der Waals surface area contributed by atoms with Crippen molar-refractivity contribution in [2.24, 2.45) is 0 Å². The third kappa shape index (κ3) is 3.82. The second kappa shape index (κ2) is 8.53. The molecule has 0 aromatic heterocycles. The number of ether oxygens (including phenoxy) is 2. The van der Waals surface area contributed by atoms with Crippen LogP contribution >= 0.6 is 15.9 Å². The van der Waals surface area contributed by atoms with Gasteiger partial charge in [-0.25, -0.2) is 8.42 Å². The fourth-order valence-electron chi connectivity index (χ4n) is 3.29. The van der Waals surface area contributed by atoms with Crippen LogP contribution in [0.3, 0.4) is 0 Å². The molecular weight excluding hydrogens is 472 g/mol. The highest BCUT2D eigenvalue weighted by Crippen LogP contribution is 2.45. The van der Waals surface area contributed by atoms with Crippen LogP contribution in [0, 0.1) is 0 Å². The SMILES string of the molecule is C=CCN1c2cc(OC)c(OC)cc2C(C)=C(C(=O)Nc2cccc(Br)c2)S1(=O)=O. The summed E-state index contributed by atoms with van der Waals surface area (Å²) in [7, 11) is -1.18. The van der Waals surface area contributed by atoms with E-state index in [1.165, 1.54) is 20.3 Å². The molecular formula is C21H21BrN2O5S. The van der Waals surface area contributed by atoms with Crippen LogP contribution in [0.2, 0.25) is 0 Å². The quantitative estimate of drug-likeness (QED) is 0.611. The fraction of sp³-hybridized carbons (Fsp3) is 0.190. The van der Waals surface area contributed by atoms with Gasteiger partial charge in [0, 0.05) is 21.8 Å². The summed E-state index contributed by atoms with van der Waals surface area (Å²) < 4.78 is 39.4. The van der Waals surface area contributed by atoms with Crippen LogP contribution in [0.25, 0.3) is 5.57 Å². The van der Waals surface area contributed by atoms with Crippen molar-refractivity contribution >= 4 is 48.8 Å². The molecule has 1 heterocycles. The Morgan fingerprint density at radius 1 is 1.20 bits per heavy atom. The number of halogens is 1. The number of amides is 1. The lowest BCUT2D eigenvalue weighted by Gasteiger charge is -2.32. The molecule has 2 aromatic rings. The summed E-state index contributed by atoms with van der Waals surface area (Å²) in [5.41, 5.74) is 1.74. The summed E-state index contributed by atoms with van der Waals surface area (Å²) in [5, 5.41) is 2.67. The smallest absolute Gasteiger partial charge is 0.270 e. The number of nitrogens with one attached hydrogen (secondary N) is 1. The number of hydrogen-bond acceptors (Lipinski definition) is 5. The van der Waals surface area contributed by atoms with E-state index in [9.17, 15) is 13.2 Å². The Labute approximate surface area is 184 Å². The number of benzene rings is 2. The summed E-state index contributed by atoms with van der Waals surface area (Å²) in [6.45, 7) is 5.24. The molecule has 0 saturated heterocycles. The van der Waals surface area contributed by atoms with Gasteiger partial charge in [0.05, 0.1) is 26.5 Å². The van der Waals surface area contributed by atoms with Crippen LogP contribution in [0.15, 0.2) is 58.4 Å². The Balaban J connectivity index is 2.20. The molecule has 0 aliphatic carbocycles. The normalized spacial score (nSPS) is 14.7. The molecule has 3 rings (SSSR count). The third-order valence-electron chi connectivity index (χ3n) is 4.65. The second-order valence-electron chi connectivity index (χ2n) is 6.47. The standard InChI is InChI=1S/C21H21BrN2O5S/c1-5-9-24-17-12-19(29-4)18(28-3)11-16(17)13(2)20(30(24,26)27)21(25)23-15-8-6-7-14(22)10-15/h5-8,10-12H,1,9H2,2-4H3,(H,23,25). The van der Waals surface area contributed by atoms with E-state index in [4.69, 9.17) is 9.47 Å². The first kappa shape index (κ1) is 21.9. The summed E-state index contributed by atoms with van der Waals surface area (Å²) in [6.07, 6.45) is 1.46. The highest BCUT2D eigenvalue weighted by molar-refractivity contribution is 9.10. The van der Waals surface area contributed by atoms with Crippen LogP contribution in [0.4, 0.5) is 11.4 Å². The minimum absolute atomic E-state index is 0.00817. The molecule has 0 saturated carbocycles. The Morgan fingerprint density at radius 3 is 2.47 bits per heavy atom. The van der Waals surface area contributed by atoms with Crippen LogP contribution in [-0.2, 0) is 14.8 Å². The molecule has 1 amide bonds. The monoisotopic (exact) mass is 492 g/mol. The first-order valence-corrected chi connectivity index (χ1v) is 11.2. The van der Waals surface area contributed by atoms with Gasteiger partial charge in [0.1, 0.15) is 0 Å². The third-order valence-corrected chi connectivity index (χ3v) is 7.07. The van der Waals surface area contributed by atoms with Crippen molar-refractivity contribution in [3.05, 3.63) is 64.0 Å². The van der Waals surface area contributed by atoms with Gasteiger partial charge in [0.15, 0.2) is 16.4 Å². The van der Waals surface area contributed by atoms with Gasteiger partial charge in [-0.15, -0.1) is 6.58 Å². The highest BCUT2D eigenvalue weighted by atomic mass is 79.9. The molecule has 0 spiro atoms. The van der Waals surface area contributed by atoms with Crippen molar-refractivity contribution in [1.29, 1.82) is 0 Å². The van der Waals surface area contributed by atoms with E-state index in [0.717, 1.165) is 8.78 Å². The lowest BCUT2D eigenvalue weighted by molar-refractivity contribution is -0.112. The first-order valence-electron chi connectivity index (χ1n) is 8.92. The lowest BCUT2D eigenvalue weighted by Crippen LogP contribution is -2.39. The lowest BCUT2D eigenvalue weighted by atomic mass is 10.0. The fourth-order valence-corrected chi connectivity index (χ4v) is 5.40. The number of methoxy groups -OCH3 is 2. The number of anilines is 2. The molecule has 0 fully saturated rings. The van der Waals surface area contributed by atoms with Crippen molar-refractivity contribution in [1.82, 2.24) is 0 Å². The first-order chi connectivity index (χ1) is 14.2. The highest BCUT2D eigenvalue weighted by Gasteiger charge is 2.39. The van der Waals surface area contributed by atoms with Crippen LogP contribution in [0.1, 0.15) is 12.5 Å². The van der Waals surface area contributed by atoms with Crippen molar-refractivity contribution in [2.75, 3.05) is 30.4 Å². The largest absolute Gasteiger partial charge is 0.493 e.